The van der Waals surface area contributed by atoms with E-state index >= 15 is 0 Å². The molecular weight excluding hydrogens is 486 g/mol. The summed E-state index contributed by atoms with van der Waals surface area (Å²) in [5.41, 5.74) is 2.07. The highest BCUT2D eigenvalue weighted by Crippen LogP contribution is 2.23. The number of aromatic nitrogens is 1. The van der Waals surface area contributed by atoms with E-state index in [0.717, 1.165) is 10.2 Å². The maximum Gasteiger partial charge on any atom is 0.337 e. The maximum atomic E-state index is 13.0. The molecule has 0 bridgehead atoms. The Kier molecular flexibility index (Phi) is 6.86. The molecule has 0 aliphatic rings. The Morgan fingerprint density at radius 3 is 2.29 bits per heavy atom. The molecule has 0 saturated carbocycles. The number of nitrogens with zero attached hydrogens (tertiary/aromatic N) is 3. The molecule has 0 aliphatic heterocycles. The lowest BCUT2D eigenvalue weighted by Gasteiger charge is -2.19. The number of carbonyl (C=O) groups is 2. The van der Waals surface area contributed by atoms with E-state index in [1.807, 2.05) is 17.6 Å². The van der Waals surface area contributed by atoms with Crippen LogP contribution in [0.25, 0.3) is 10.2 Å². The van der Waals surface area contributed by atoms with Gasteiger partial charge in [-0.3, -0.25) is 9.10 Å². The minimum absolute atomic E-state index is 0.0706. The normalized spacial score (nSPS) is 12.0. The van der Waals surface area contributed by atoms with E-state index in [1.165, 1.54) is 54.1 Å². The van der Waals surface area contributed by atoms with Crippen molar-refractivity contribution in [3.63, 3.8) is 0 Å². The molecule has 35 heavy (non-hydrogen) atoms. The van der Waals surface area contributed by atoms with Gasteiger partial charge >= 0.3 is 5.97 Å². The van der Waals surface area contributed by atoms with Crippen LogP contribution in [-0.4, -0.2) is 39.0 Å². The molecule has 3 aromatic carbocycles. The molecule has 4 aromatic rings. The summed E-state index contributed by atoms with van der Waals surface area (Å²) >= 11 is 1.29. The van der Waals surface area contributed by atoms with Gasteiger partial charge in [0.25, 0.3) is 15.9 Å². The van der Waals surface area contributed by atoms with Gasteiger partial charge in [-0.25, -0.2) is 13.2 Å². The fourth-order valence-electron chi connectivity index (χ4n) is 3.56. The van der Waals surface area contributed by atoms with Crippen molar-refractivity contribution in [2.45, 2.75) is 18.4 Å². The summed E-state index contributed by atoms with van der Waals surface area (Å²) in [6.45, 7) is 2.51. The Bertz CT molecular complexity index is 1570. The van der Waals surface area contributed by atoms with Crippen molar-refractivity contribution in [1.82, 2.24) is 4.57 Å². The number of esters is 1. The van der Waals surface area contributed by atoms with Crippen LogP contribution in [0.4, 0.5) is 5.69 Å². The molecule has 1 heterocycles. The molecule has 0 radical (unpaired) electrons. The predicted molar refractivity (Wildman–Crippen MR) is 135 cm³/mol. The number of carbonyl (C=O) groups excluding carboxylic acids is 2. The Labute approximate surface area is 206 Å². The van der Waals surface area contributed by atoms with Crippen LogP contribution in [0.1, 0.15) is 27.6 Å². The minimum Gasteiger partial charge on any atom is -0.465 e. The lowest BCUT2D eigenvalue weighted by molar-refractivity contribution is 0.0600. The SMILES string of the molecule is CCn1c(=NC(=O)c2ccc(S(=O)(=O)N(C)c3ccccc3)cc2)sc2cc(C(=O)OC)ccc21. The fraction of sp³-hybridized carbons (Fsp3) is 0.160. The molecule has 4 rings (SSSR count). The summed E-state index contributed by atoms with van der Waals surface area (Å²) in [6, 6.07) is 19.6. The summed E-state index contributed by atoms with van der Waals surface area (Å²) in [5.74, 6) is -0.932. The van der Waals surface area contributed by atoms with Crippen molar-refractivity contribution >= 4 is 49.1 Å². The average Bonchev–Trinajstić information content (AvgIpc) is 3.24. The second kappa shape index (κ2) is 9.85. The van der Waals surface area contributed by atoms with Gasteiger partial charge in [-0.15, -0.1) is 0 Å². The maximum absolute atomic E-state index is 13.0. The van der Waals surface area contributed by atoms with E-state index in [9.17, 15) is 18.0 Å². The largest absolute Gasteiger partial charge is 0.465 e. The number of para-hydroxylation sites is 1. The van der Waals surface area contributed by atoms with Crippen LogP contribution in [0.15, 0.2) is 82.7 Å². The first-order valence-corrected chi connectivity index (χ1v) is 13.0. The van der Waals surface area contributed by atoms with E-state index in [1.54, 1.807) is 42.5 Å². The summed E-state index contributed by atoms with van der Waals surface area (Å²) in [7, 11) is -0.979. The molecular formula is C25H23N3O5S2. The fourth-order valence-corrected chi connectivity index (χ4v) is 5.89. The highest BCUT2D eigenvalue weighted by molar-refractivity contribution is 7.92. The molecule has 8 nitrogen and oxygen atoms in total. The van der Waals surface area contributed by atoms with Gasteiger partial charge in [0.2, 0.25) is 0 Å². The standard InChI is InChI=1S/C25H23N3O5S2/c1-4-28-21-15-12-18(24(30)33-3)16-22(21)34-25(28)26-23(29)17-10-13-20(14-11-17)35(31,32)27(2)19-8-6-5-7-9-19/h5-16H,4H2,1-3H3. The second-order valence-electron chi connectivity index (χ2n) is 7.55. The zero-order valence-electron chi connectivity index (χ0n) is 19.3. The summed E-state index contributed by atoms with van der Waals surface area (Å²) in [6.07, 6.45) is 0. The molecule has 0 atom stereocenters. The topological polar surface area (TPSA) is 98.0 Å². The molecule has 0 spiro atoms. The van der Waals surface area contributed by atoms with E-state index in [2.05, 4.69) is 4.99 Å². The van der Waals surface area contributed by atoms with Crippen molar-refractivity contribution in [2.75, 3.05) is 18.5 Å². The summed E-state index contributed by atoms with van der Waals surface area (Å²) in [5, 5.41) is 0. The summed E-state index contributed by atoms with van der Waals surface area (Å²) in [4.78, 5) is 29.6. The molecule has 0 unspecified atom stereocenters. The van der Waals surface area contributed by atoms with Gasteiger partial charge in [0, 0.05) is 19.2 Å². The number of anilines is 1. The first-order chi connectivity index (χ1) is 16.8. The van der Waals surface area contributed by atoms with Gasteiger partial charge in [-0.05, 0) is 61.5 Å². The number of fused-ring (bicyclic) bond motifs is 1. The lowest BCUT2D eigenvalue weighted by Crippen LogP contribution is -2.26. The lowest BCUT2D eigenvalue weighted by atomic mass is 10.2. The third-order valence-corrected chi connectivity index (χ3v) is 8.34. The van der Waals surface area contributed by atoms with Gasteiger partial charge in [-0.1, -0.05) is 29.5 Å². The van der Waals surface area contributed by atoms with Crippen LogP contribution in [0, 0.1) is 0 Å². The quantitative estimate of drug-likeness (QED) is 0.365. The second-order valence-corrected chi connectivity index (χ2v) is 10.5. The number of amides is 1. The zero-order valence-corrected chi connectivity index (χ0v) is 21.0. The molecule has 0 N–H and O–H groups in total. The Balaban J connectivity index is 1.65. The average molecular weight is 510 g/mol. The van der Waals surface area contributed by atoms with E-state index < -0.39 is 21.9 Å². The van der Waals surface area contributed by atoms with E-state index in [4.69, 9.17) is 4.74 Å². The van der Waals surface area contributed by atoms with Crippen LogP contribution < -0.4 is 9.11 Å². The number of ether oxygens (including phenoxy) is 1. The first-order valence-electron chi connectivity index (χ1n) is 10.7. The molecule has 1 amide bonds. The monoisotopic (exact) mass is 509 g/mol. The smallest absolute Gasteiger partial charge is 0.337 e. The van der Waals surface area contributed by atoms with Gasteiger partial charge in [0.05, 0.1) is 33.5 Å². The molecule has 180 valence electrons. The van der Waals surface area contributed by atoms with Crippen LogP contribution in [0.5, 0.6) is 0 Å². The molecule has 0 fully saturated rings. The molecule has 0 aliphatic carbocycles. The van der Waals surface area contributed by atoms with Crippen molar-refractivity contribution in [3.8, 4) is 0 Å². The predicted octanol–water partition coefficient (Wildman–Crippen LogP) is 4.08. The minimum atomic E-state index is -3.78. The van der Waals surface area contributed by atoms with Crippen molar-refractivity contribution in [2.24, 2.45) is 4.99 Å². The Morgan fingerprint density at radius 2 is 1.66 bits per heavy atom. The number of rotatable bonds is 6. The third-order valence-electron chi connectivity index (χ3n) is 5.50. The highest BCUT2D eigenvalue weighted by Gasteiger charge is 2.21. The van der Waals surface area contributed by atoms with Gasteiger partial charge in [0.1, 0.15) is 0 Å². The number of sulfonamides is 1. The van der Waals surface area contributed by atoms with Gasteiger partial charge in [0.15, 0.2) is 4.80 Å². The van der Waals surface area contributed by atoms with Gasteiger partial charge in [-0.2, -0.15) is 4.99 Å². The number of aryl methyl sites for hydroxylation is 1. The molecule has 0 saturated heterocycles. The van der Waals surface area contributed by atoms with Crippen LogP contribution in [-0.2, 0) is 21.3 Å². The van der Waals surface area contributed by atoms with Crippen molar-refractivity contribution in [1.29, 1.82) is 0 Å². The van der Waals surface area contributed by atoms with Gasteiger partial charge < -0.3 is 9.30 Å². The molecule has 1 aromatic heterocycles. The summed E-state index contributed by atoms with van der Waals surface area (Å²) < 4.78 is 34.6. The van der Waals surface area contributed by atoms with Crippen molar-refractivity contribution in [3.05, 3.63) is 88.7 Å². The molecule has 10 heteroatoms. The number of benzene rings is 3. The van der Waals surface area contributed by atoms with Crippen molar-refractivity contribution < 1.29 is 22.7 Å². The van der Waals surface area contributed by atoms with E-state index in [-0.39, 0.29) is 10.5 Å². The number of thiazole rings is 1. The third kappa shape index (κ3) is 4.75. The first kappa shape index (κ1) is 24.4. The Hall–Kier alpha value is -3.76. The van der Waals surface area contributed by atoms with Crippen LogP contribution in [0.3, 0.4) is 0 Å². The van der Waals surface area contributed by atoms with Crippen LogP contribution in [0.2, 0.25) is 0 Å². The number of hydrogen-bond donors (Lipinski definition) is 0. The highest BCUT2D eigenvalue weighted by atomic mass is 32.2. The number of hydrogen-bond acceptors (Lipinski definition) is 6. The zero-order chi connectivity index (χ0) is 25.2. The Morgan fingerprint density at radius 1 is 1.00 bits per heavy atom. The number of methoxy groups -OCH3 is 1. The van der Waals surface area contributed by atoms with E-state index in [0.29, 0.717) is 22.6 Å². The van der Waals surface area contributed by atoms with Crippen LogP contribution >= 0.6 is 11.3 Å².